The standard InChI is InChI=1S/C20H31N7O2S/c1-4-28-20-25-19(26-30-20)23-12-16(27(3)22)18(21)15-10-11-17(13(2)24-15)29-14-8-6-5-7-9-14/h10-11,14H,4-9,12,21-22H2,1-3H3,(H,23,26)/b18-16-. The van der Waals surface area contributed by atoms with Gasteiger partial charge >= 0.3 is 0 Å². The molecular weight excluding hydrogens is 402 g/mol. The quantitative estimate of drug-likeness (QED) is 0.404. The van der Waals surface area contributed by atoms with Crippen LogP contribution in [0.25, 0.3) is 5.70 Å². The number of rotatable bonds is 9. The van der Waals surface area contributed by atoms with E-state index in [0.717, 1.165) is 24.3 Å². The first-order chi connectivity index (χ1) is 14.5. The second-order valence-electron chi connectivity index (χ2n) is 7.30. The summed E-state index contributed by atoms with van der Waals surface area (Å²) < 4.78 is 15.7. The lowest BCUT2D eigenvalue weighted by molar-refractivity contribution is 0.153. The average Bonchev–Trinajstić information content (AvgIpc) is 3.18. The summed E-state index contributed by atoms with van der Waals surface area (Å²) in [6.07, 6.45) is 6.23. The molecule has 0 atom stereocenters. The highest BCUT2D eigenvalue weighted by molar-refractivity contribution is 7.07. The van der Waals surface area contributed by atoms with Crippen molar-refractivity contribution in [1.29, 1.82) is 0 Å². The van der Waals surface area contributed by atoms with Crippen LogP contribution >= 0.6 is 11.5 Å². The van der Waals surface area contributed by atoms with E-state index in [0.29, 0.717) is 41.4 Å². The Bertz CT molecular complexity index is 863. The van der Waals surface area contributed by atoms with Gasteiger partial charge in [-0.25, -0.2) is 10.8 Å². The number of nitrogens with zero attached hydrogens (tertiary/aromatic N) is 4. The Morgan fingerprint density at radius 1 is 1.27 bits per heavy atom. The minimum Gasteiger partial charge on any atom is -0.489 e. The van der Waals surface area contributed by atoms with E-state index in [2.05, 4.69) is 19.7 Å². The summed E-state index contributed by atoms with van der Waals surface area (Å²) in [5.74, 6) is 7.31. The molecule has 0 aromatic carbocycles. The largest absolute Gasteiger partial charge is 0.489 e. The fraction of sp³-hybridized carbons (Fsp3) is 0.550. The van der Waals surface area contributed by atoms with Crippen LogP contribution in [0.5, 0.6) is 10.9 Å². The smallest absolute Gasteiger partial charge is 0.294 e. The normalized spacial score (nSPS) is 15.5. The fourth-order valence-electron chi connectivity index (χ4n) is 3.37. The molecule has 1 saturated carbocycles. The molecule has 164 valence electrons. The third-order valence-corrected chi connectivity index (χ3v) is 5.61. The van der Waals surface area contributed by atoms with Crippen LogP contribution in [0.15, 0.2) is 17.8 Å². The van der Waals surface area contributed by atoms with E-state index in [9.17, 15) is 0 Å². The monoisotopic (exact) mass is 433 g/mol. The van der Waals surface area contributed by atoms with E-state index < -0.39 is 0 Å². The number of aromatic nitrogens is 3. The summed E-state index contributed by atoms with van der Waals surface area (Å²) in [5.41, 5.74) is 9.04. The predicted octanol–water partition coefficient (Wildman–Crippen LogP) is 2.90. The van der Waals surface area contributed by atoms with Crippen molar-refractivity contribution < 1.29 is 9.47 Å². The molecule has 5 N–H and O–H groups in total. The van der Waals surface area contributed by atoms with E-state index >= 15 is 0 Å². The highest BCUT2D eigenvalue weighted by atomic mass is 32.1. The van der Waals surface area contributed by atoms with E-state index in [4.69, 9.17) is 21.1 Å². The van der Waals surface area contributed by atoms with Crippen molar-refractivity contribution >= 4 is 23.2 Å². The molecule has 10 heteroatoms. The van der Waals surface area contributed by atoms with Gasteiger partial charge in [-0.1, -0.05) is 6.42 Å². The zero-order valence-corrected chi connectivity index (χ0v) is 18.7. The Balaban J connectivity index is 1.72. The molecule has 0 aliphatic heterocycles. The highest BCUT2D eigenvalue weighted by Gasteiger charge is 2.17. The van der Waals surface area contributed by atoms with Crippen LogP contribution in [-0.2, 0) is 0 Å². The lowest BCUT2D eigenvalue weighted by atomic mass is 9.98. The number of nitrogens with one attached hydrogen (secondary N) is 1. The van der Waals surface area contributed by atoms with Crippen molar-refractivity contribution in [3.8, 4) is 10.9 Å². The predicted molar refractivity (Wildman–Crippen MR) is 119 cm³/mol. The van der Waals surface area contributed by atoms with Crippen LogP contribution in [0.2, 0.25) is 0 Å². The van der Waals surface area contributed by atoms with E-state index in [1.807, 2.05) is 26.0 Å². The lowest BCUT2D eigenvalue weighted by Crippen LogP contribution is -2.32. The minimum absolute atomic E-state index is 0.278. The van der Waals surface area contributed by atoms with Crippen LogP contribution in [-0.4, -0.2) is 45.7 Å². The van der Waals surface area contributed by atoms with E-state index in [1.54, 1.807) is 7.05 Å². The lowest BCUT2D eigenvalue weighted by Gasteiger charge is -2.24. The number of hydrogen-bond donors (Lipinski definition) is 3. The summed E-state index contributed by atoms with van der Waals surface area (Å²) in [6, 6.07) is 3.81. The van der Waals surface area contributed by atoms with Gasteiger partial charge in [0.1, 0.15) is 5.75 Å². The first-order valence-corrected chi connectivity index (χ1v) is 11.1. The third kappa shape index (κ3) is 5.73. The number of aryl methyl sites for hydroxylation is 1. The molecule has 0 saturated heterocycles. The zero-order chi connectivity index (χ0) is 21.5. The molecule has 0 unspecified atom stereocenters. The molecule has 2 aromatic rings. The Labute approximate surface area is 181 Å². The van der Waals surface area contributed by atoms with Gasteiger partial charge in [0, 0.05) is 18.6 Å². The van der Waals surface area contributed by atoms with Crippen LogP contribution in [0.1, 0.15) is 50.4 Å². The first kappa shape index (κ1) is 22.1. The third-order valence-electron chi connectivity index (χ3n) is 4.98. The van der Waals surface area contributed by atoms with Gasteiger partial charge in [-0.05, 0) is 51.7 Å². The van der Waals surface area contributed by atoms with Crippen molar-refractivity contribution in [2.75, 3.05) is 25.5 Å². The van der Waals surface area contributed by atoms with Gasteiger partial charge in [-0.3, -0.25) is 0 Å². The average molecular weight is 434 g/mol. The maximum Gasteiger partial charge on any atom is 0.294 e. The molecule has 1 aliphatic rings. The van der Waals surface area contributed by atoms with Crippen molar-refractivity contribution in [2.24, 2.45) is 11.6 Å². The molecule has 0 spiro atoms. The second-order valence-corrected chi connectivity index (χ2v) is 8.01. The summed E-state index contributed by atoms with van der Waals surface area (Å²) in [5, 5.41) is 5.12. The molecule has 0 amide bonds. The molecule has 0 bridgehead atoms. The molecule has 3 rings (SSSR count). The maximum absolute atomic E-state index is 6.41. The number of ether oxygens (including phenoxy) is 2. The van der Waals surface area contributed by atoms with Gasteiger partial charge in [-0.15, -0.1) is 4.37 Å². The summed E-state index contributed by atoms with van der Waals surface area (Å²) in [4.78, 5) is 8.92. The van der Waals surface area contributed by atoms with Crippen molar-refractivity contribution in [3.05, 3.63) is 29.2 Å². The molecule has 9 nitrogen and oxygen atoms in total. The number of anilines is 1. The minimum atomic E-state index is 0.278. The number of nitrogens with two attached hydrogens (primary N) is 2. The Hall–Kier alpha value is -2.59. The van der Waals surface area contributed by atoms with Gasteiger partial charge in [0.2, 0.25) is 5.95 Å². The molecule has 1 aliphatic carbocycles. The number of hydrogen-bond acceptors (Lipinski definition) is 10. The Kier molecular flexibility index (Phi) is 7.69. The van der Waals surface area contributed by atoms with Crippen molar-refractivity contribution in [3.63, 3.8) is 0 Å². The molecule has 1 fully saturated rings. The van der Waals surface area contributed by atoms with Gasteiger partial charge < -0.3 is 25.5 Å². The van der Waals surface area contributed by atoms with Gasteiger partial charge in [0.25, 0.3) is 5.19 Å². The zero-order valence-electron chi connectivity index (χ0n) is 17.9. The number of pyridine rings is 1. The van der Waals surface area contributed by atoms with Crippen molar-refractivity contribution in [1.82, 2.24) is 19.4 Å². The SMILES string of the molecule is CCOc1nc(NC/C(=C(/N)c2ccc(OC3CCCCC3)c(C)n2)N(C)N)ns1. The molecular formula is C20H31N7O2S. The van der Waals surface area contributed by atoms with Crippen molar-refractivity contribution in [2.45, 2.75) is 52.1 Å². The Morgan fingerprint density at radius 2 is 2.03 bits per heavy atom. The van der Waals surface area contributed by atoms with Crippen LogP contribution < -0.4 is 26.4 Å². The van der Waals surface area contributed by atoms with Gasteiger partial charge in [0.15, 0.2) is 0 Å². The molecule has 2 aromatic heterocycles. The summed E-state index contributed by atoms with van der Waals surface area (Å²) in [7, 11) is 1.73. The highest BCUT2D eigenvalue weighted by Crippen LogP contribution is 2.26. The van der Waals surface area contributed by atoms with Gasteiger partial charge in [-0.2, -0.15) is 4.98 Å². The van der Waals surface area contributed by atoms with Crippen LogP contribution in [0, 0.1) is 6.92 Å². The Morgan fingerprint density at radius 3 is 2.70 bits per heavy atom. The van der Waals surface area contributed by atoms with Crippen LogP contribution in [0.4, 0.5) is 5.95 Å². The summed E-state index contributed by atoms with van der Waals surface area (Å²) >= 11 is 1.19. The number of likely N-dealkylation sites (N-methyl/N-ethyl adjacent to an activating group) is 1. The second kappa shape index (κ2) is 10.4. The topological polar surface area (TPSA) is 124 Å². The van der Waals surface area contributed by atoms with Crippen LogP contribution in [0.3, 0.4) is 0 Å². The fourth-order valence-corrected chi connectivity index (χ4v) is 3.94. The number of hydrazine groups is 1. The first-order valence-electron chi connectivity index (χ1n) is 10.3. The summed E-state index contributed by atoms with van der Waals surface area (Å²) in [6.45, 7) is 4.74. The van der Waals surface area contributed by atoms with E-state index in [1.165, 1.54) is 35.8 Å². The van der Waals surface area contributed by atoms with E-state index in [-0.39, 0.29) is 6.10 Å². The molecule has 0 radical (unpaired) electrons. The maximum atomic E-state index is 6.41. The molecule has 30 heavy (non-hydrogen) atoms. The van der Waals surface area contributed by atoms with Gasteiger partial charge in [0.05, 0.1) is 42.0 Å². The molecule has 2 heterocycles.